The van der Waals surface area contributed by atoms with Crippen molar-refractivity contribution in [3.63, 3.8) is 0 Å². The molecule has 0 unspecified atom stereocenters. The smallest absolute Gasteiger partial charge is 0.321 e. The second kappa shape index (κ2) is 11.7. The molecule has 0 radical (unpaired) electrons. The van der Waals surface area contributed by atoms with Gasteiger partial charge in [0.25, 0.3) is 5.91 Å². The fraction of sp³-hybridized carbons (Fsp3) is 0.231. The zero-order valence-corrected chi connectivity index (χ0v) is 17.5. The van der Waals surface area contributed by atoms with Crippen LogP contribution >= 0.6 is 0 Å². The molecular weight excluding hydrogens is 388 g/mol. The second-order valence-corrected chi connectivity index (χ2v) is 7.50. The van der Waals surface area contributed by atoms with Gasteiger partial charge in [0.15, 0.2) is 0 Å². The zero-order chi connectivity index (χ0) is 21.9. The van der Waals surface area contributed by atoms with E-state index in [2.05, 4.69) is 22.8 Å². The molecule has 0 heterocycles. The topological polar surface area (TPSA) is 78.4 Å². The average Bonchev–Trinajstić information content (AvgIpc) is 2.81. The van der Waals surface area contributed by atoms with Gasteiger partial charge in [-0.05, 0) is 48.1 Å². The first-order valence-corrected chi connectivity index (χ1v) is 10.5. The summed E-state index contributed by atoms with van der Waals surface area (Å²) in [7, 11) is 0. The number of aryl methyl sites for hydroxylation is 1. The van der Waals surface area contributed by atoms with Crippen LogP contribution < -0.4 is 10.6 Å². The monoisotopic (exact) mass is 416 g/mol. The molecule has 0 spiro atoms. The first-order valence-electron chi connectivity index (χ1n) is 10.5. The Bertz CT molecular complexity index is 957. The quantitative estimate of drug-likeness (QED) is 0.415. The highest BCUT2D eigenvalue weighted by Gasteiger charge is 2.17. The summed E-state index contributed by atoms with van der Waals surface area (Å²) in [4.78, 5) is 24.0. The molecule has 0 aliphatic heterocycles. The summed E-state index contributed by atoms with van der Waals surface area (Å²) in [5.41, 5.74) is 3.74. The highest BCUT2D eigenvalue weighted by Crippen LogP contribution is 2.09. The lowest BCUT2D eigenvalue weighted by atomic mass is 10.0. The number of hydrogen-bond donors (Lipinski definition) is 3. The van der Waals surface area contributed by atoms with Gasteiger partial charge >= 0.3 is 5.97 Å². The Morgan fingerprint density at radius 1 is 0.774 bits per heavy atom. The largest absolute Gasteiger partial charge is 0.480 e. The van der Waals surface area contributed by atoms with Crippen molar-refractivity contribution in [1.29, 1.82) is 0 Å². The molecule has 3 N–H and O–H groups in total. The van der Waals surface area contributed by atoms with E-state index in [-0.39, 0.29) is 5.91 Å². The molecule has 0 fully saturated rings. The van der Waals surface area contributed by atoms with E-state index < -0.39 is 12.0 Å². The van der Waals surface area contributed by atoms with Gasteiger partial charge in [0.05, 0.1) is 0 Å². The Balaban J connectivity index is 1.46. The lowest BCUT2D eigenvalue weighted by molar-refractivity contribution is -0.139. The highest BCUT2D eigenvalue weighted by molar-refractivity contribution is 5.94. The number of carbonyl (C=O) groups excluding carboxylic acids is 1. The first-order chi connectivity index (χ1) is 15.1. The molecule has 1 amide bonds. The van der Waals surface area contributed by atoms with Crippen LogP contribution in [0.4, 0.5) is 0 Å². The molecule has 3 aromatic rings. The van der Waals surface area contributed by atoms with Gasteiger partial charge in [0.2, 0.25) is 0 Å². The van der Waals surface area contributed by atoms with Crippen LogP contribution in [0.15, 0.2) is 84.9 Å². The van der Waals surface area contributed by atoms with Gasteiger partial charge in [0, 0.05) is 18.7 Å². The third kappa shape index (κ3) is 7.39. The maximum Gasteiger partial charge on any atom is 0.321 e. The molecule has 3 rings (SSSR count). The molecule has 1 atom stereocenters. The minimum Gasteiger partial charge on any atom is -0.480 e. The van der Waals surface area contributed by atoms with Crippen LogP contribution in [-0.2, 0) is 24.2 Å². The fourth-order valence-corrected chi connectivity index (χ4v) is 3.35. The van der Waals surface area contributed by atoms with E-state index in [9.17, 15) is 14.7 Å². The molecule has 5 nitrogen and oxygen atoms in total. The molecule has 0 bridgehead atoms. The number of hydrogen-bond acceptors (Lipinski definition) is 3. The molecule has 160 valence electrons. The molecule has 0 saturated heterocycles. The van der Waals surface area contributed by atoms with Gasteiger partial charge in [-0.15, -0.1) is 0 Å². The number of nitrogens with one attached hydrogen (secondary N) is 2. The van der Waals surface area contributed by atoms with E-state index >= 15 is 0 Å². The third-order valence-corrected chi connectivity index (χ3v) is 5.12. The normalized spacial score (nSPS) is 11.6. The summed E-state index contributed by atoms with van der Waals surface area (Å²) in [6, 6.07) is 26.3. The summed E-state index contributed by atoms with van der Waals surface area (Å²) >= 11 is 0. The van der Waals surface area contributed by atoms with Crippen molar-refractivity contribution in [3.05, 3.63) is 107 Å². The third-order valence-electron chi connectivity index (χ3n) is 5.12. The number of amides is 1. The molecule has 0 aliphatic carbocycles. The first kappa shape index (κ1) is 22.2. The number of benzene rings is 3. The second-order valence-electron chi connectivity index (χ2n) is 7.50. The Morgan fingerprint density at radius 3 is 2.00 bits per heavy atom. The van der Waals surface area contributed by atoms with Crippen molar-refractivity contribution in [2.45, 2.75) is 31.8 Å². The van der Waals surface area contributed by atoms with Crippen LogP contribution in [0, 0.1) is 0 Å². The summed E-state index contributed by atoms with van der Waals surface area (Å²) in [6.45, 7) is 1.10. The predicted octanol–water partition coefficient (Wildman–Crippen LogP) is 3.83. The van der Waals surface area contributed by atoms with E-state index in [4.69, 9.17) is 0 Å². The van der Waals surface area contributed by atoms with E-state index in [0.717, 1.165) is 24.0 Å². The summed E-state index contributed by atoms with van der Waals surface area (Å²) in [5, 5.41) is 15.6. The van der Waals surface area contributed by atoms with E-state index in [1.54, 1.807) is 12.1 Å². The van der Waals surface area contributed by atoms with E-state index in [0.29, 0.717) is 25.1 Å². The molecule has 0 aromatic heterocycles. The number of carboxylic acid groups (broad SMARTS) is 1. The lowest BCUT2D eigenvalue weighted by Gasteiger charge is -2.15. The Morgan fingerprint density at radius 2 is 1.39 bits per heavy atom. The van der Waals surface area contributed by atoms with Crippen LogP contribution in [0.25, 0.3) is 0 Å². The number of rotatable bonds is 11. The van der Waals surface area contributed by atoms with Crippen LogP contribution in [0.1, 0.15) is 33.5 Å². The Hall–Kier alpha value is -3.44. The molecule has 0 saturated carbocycles. The zero-order valence-electron chi connectivity index (χ0n) is 17.5. The Kier molecular flexibility index (Phi) is 8.38. The fourth-order valence-electron chi connectivity index (χ4n) is 3.35. The van der Waals surface area contributed by atoms with Crippen molar-refractivity contribution < 1.29 is 14.7 Å². The highest BCUT2D eigenvalue weighted by atomic mass is 16.4. The van der Waals surface area contributed by atoms with Gasteiger partial charge in [-0.3, -0.25) is 9.59 Å². The number of carboxylic acids is 1. The standard InChI is InChI=1S/C26H28N2O3/c29-25(27-17-7-12-20-8-3-1-4-9-20)23-15-13-21(14-16-23)18-24(26(30)31)28-19-22-10-5-2-6-11-22/h1-6,8-11,13-16,24,28H,7,12,17-19H2,(H,27,29)(H,30,31)/t24-/m0/s1. The van der Waals surface area contributed by atoms with Crippen molar-refractivity contribution in [1.82, 2.24) is 10.6 Å². The van der Waals surface area contributed by atoms with Crippen molar-refractivity contribution in [2.24, 2.45) is 0 Å². The summed E-state index contributed by atoms with van der Waals surface area (Å²) in [5.74, 6) is -1.01. The number of carbonyl (C=O) groups is 2. The van der Waals surface area contributed by atoms with Gasteiger partial charge in [-0.1, -0.05) is 72.8 Å². The summed E-state index contributed by atoms with van der Waals surface area (Å²) in [6.07, 6.45) is 2.15. The maximum atomic E-state index is 12.3. The van der Waals surface area contributed by atoms with Gasteiger partial charge < -0.3 is 15.7 Å². The van der Waals surface area contributed by atoms with Crippen LogP contribution in [-0.4, -0.2) is 29.6 Å². The molecule has 3 aromatic carbocycles. The average molecular weight is 417 g/mol. The number of aliphatic carboxylic acids is 1. The van der Waals surface area contributed by atoms with Crippen LogP contribution in [0.5, 0.6) is 0 Å². The SMILES string of the molecule is O=C(NCCCc1ccccc1)c1ccc(C[C@H](NCc2ccccc2)C(=O)O)cc1. The van der Waals surface area contributed by atoms with Crippen molar-refractivity contribution in [3.8, 4) is 0 Å². The lowest BCUT2D eigenvalue weighted by Crippen LogP contribution is -2.38. The van der Waals surface area contributed by atoms with Gasteiger partial charge in [0.1, 0.15) is 6.04 Å². The van der Waals surface area contributed by atoms with Gasteiger partial charge in [-0.2, -0.15) is 0 Å². The Labute approximate surface area is 183 Å². The predicted molar refractivity (Wildman–Crippen MR) is 122 cm³/mol. The molecule has 0 aliphatic rings. The van der Waals surface area contributed by atoms with Crippen LogP contribution in [0.2, 0.25) is 0 Å². The van der Waals surface area contributed by atoms with Crippen molar-refractivity contribution in [2.75, 3.05) is 6.54 Å². The van der Waals surface area contributed by atoms with Crippen molar-refractivity contribution >= 4 is 11.9 Å². The van der Waals surface area contributed by atoms with Crippen LogP contribution in [0.3, 0.4) is 0 Å². The van der Waals surface area contributed by atoms with E-state index in [1.165, 1.54) is 5.56 Å². The molecular formula is C26H28N2O3. The minimum atomic E-state index is -0.892. The maximum absolute atomic E-state index is 12.3. The molecule has 31 heavy (non-hydrogen) atoms. The molecule has 5 heteroatoms. The van der Waals surface area contributed by atoms with Gasteiger partial charge in [-0.25, -0.2) is 0 Å². The summed E-state index contributed by atoms with van der Waals surface area (Å²) < 4.78 is 0. The van der Waals surface area contributed by atoms with E-state index in [1.807, 2.05) is 60.7 Å². The minimum absolute atomic E-state index is 0.114.